The second kappa shape index (κ2) is 13.0. The van der Waals surface area contributed by atoms with Crippen LogP contribution in [-0.4, -0.2) is 36.9 Å². The minimum atomic E-state index is -3.01. The van der Waals surface area contributed by atoms with Crippen LogP contribution in [0.4, 0.5) is 15.9 Å². The minimum absolute atomic E-state index is 0.0744. The summed E-state index contributed by atoms with van der Waals surface area (Å²) in [7, 11) is -3.01. The molecule has 0 spiro atoms. The molecule has 5 aromatic rings. The third-order valence-corrected chi connectivity index (χ3v) is 8.05. The molecular weight excluding hydrogens is 658 g/mol. The van der Waals surface area contributed by atoms with Crippen molar-refractivity contribution in [2.75, 3.05) is 23.9 Å². The molecule has 2 aromatic heterocycles. The molecule has 0 aliphatic rings. The van der Waals surface area contributed by atoms with Crippen LogP contribution in [0.25, 0.3) is 22.2 Å². The van der Waals surface area contributed by atoms with Gasteiger partial charge in [0, 0.05) is 39.4 Å². The number of benzene rings is 3. The molecular formula is C30H28FIN4O4S. The number of sulfone groups is 1. The number of furan rings is 1. The van der Waals surface area contributed by atoms with E-state index in [4.69, 9.17) is 9.15 Å². The van der Waals surface area contributed by atoms with Crippen molar-refractivity contribution in [3.05, 3.63) is 102 Å². The van der Waals surface area contributed by atoms with E-state index in [9.17, 15) is 12.8 Å². The molecule has 0 bridgehead atoms. The Morgan fingerprint density at radius 2 is 1.90 bits per heavy atom. The van der Waals surface area contributed by atoms with Gasteiger partial charge >= 0.3 is 0 Å². The Hall–Kier alpha value is -3.55. The van der Waals surface area contributed by atoms with Gasteiger partial charge in [-0.3, -0.25) is 0 Å². The van der Waals surface area contributed by atoms with E-state index in [-0.39, 0.29) is 18.2 Å². The van der Waals surface area contributed by atoms with Gasteiger partial charge in [-0.2, -0.15) is 0 Å². The second-order valence-electron chi connectivity index (χ2n) is 9.53. The van der Waals surface area contributed by atoms with Crippen molar-refractivity contribution in [1.82, 2.24) is 15.3 Å². The summed E-state index contributed by atoms with van der Waals surface area (Å²) in [5, 5.41) is 7.33. The Labute approximate surface area is 251 Å². The summed E-state index contributed by atoms with van der Waals surface area (Å²) >= 11 is 2.29. The van der Waals surface area contributed by atoms with E-state index in [0.29, 0.717) is 30.4 Å². The van der Waals surface area contributed by atoms with Gasteiger partial charge in [-0.25, -0.2) is 22.8 Å². The van der Waals surface area contributed by atoms with Crippen molar-refractivity contribution in [2.24, 2.45) is 0 Å². The number of rotatable bonds is 12. The molecule has 5 rings (SSSR count). The topological polar surface area (TPSA) is 106 Å². The number of halogens is 2. The predicted molar refractivity (Wildman–Crippen MR) is 167 cm³/mol. The lowest BCUT2D eigenvalue weighted by Crippen LogP contribution is -2.21. The molecule has 0 unspecified atom stereocenters. The van der Waals surface area contributed by atoms with Gasteiger partial charge in [-0.1, -0.05) is 34.7 Å². The van der Waals surface area contributed by atoms with E-state index >= 15 is 0 Å². The largest absolute Gasteiger partial charge is 0.489 e. The fourth-order valence-corrected chi connectivity index (χ4v) is 5.34. The number of ether oxygens (including phenoxy) is 1. The summed E-state index contributed by atoms with van der Waals surface area (Å²) in [6.07, 6.45) is 2.74. The maximum Gasteiger partial charge on any atom is 0.148 e. The number of aromatic nitrogens is 2. The molecule has 3 aromatic carbocycles. The molecule has 2 heterocycles. The molecule has 8 nitrogen and oxygen atoms in total. The van der Waals surface area contributed by atoms with Gasteiger partial charge < -0.3 is 19.8 Å². The van der Waals surface area contributed by atoms with Crippen LogP contribution in [0.15, 0.2) is 83.5 Å². The standard InChI is InChI=1S/C30H28FIN4O4S/c1-41(37,38)12-11-33-17-25-7-10-29(40-25)21-5-8-27-26(15-21)30(35-19-34-27)36-24-6-9-28(22(14-24)16-32)39-18-20-3-2-4-23(31)13-20/h2-10,13-15,19,33H,11-12,16-18H2,1H3,(H,34,35,36). The third-order valence-electron chi connectivity index (χ3n) is 6.28. The summed E-state index contributed by atoms with van der Waals surface area (Å²) in [4.78, 5) is 8.91. The highest BCUT2D eigenvalue weighted by molar-refractivity contribution is 14.1. The van der Waals surface area contributed by atoms with Crippen molar-refractivity contribution in [3.63, 3.8) is 0 Å². The van der Waals surface area contributed by atoms with Crippen molar-refractivity contribution in [3.8, 4) is 17.1 Å². The molecule has 0 saturated carbocycles. The van der Waals surface area contributed by atoms with Crippen LogP contribution in [-0.2, 0) is 27.4 Å². The number of fused-ring (bicyclic) bond motifs is 1. The van der Waals surface area contributed by atoms with Gasteiger partial charge in [0.2, 0.25) is 0 Å². The van der Waals surface area contributed by atoms with Gasteiger partial charge in [0.05, 0.1) is 17.8 Å². The van der Waals surface area contributed by atoms with Crippen LogP contribution >= 0.6 is 22.6 Å². The number of anilines is 2. The summed E-state index contributed by atoms with van der Waals surface area (Å²) in [6.45, 7) is 1.06. The lowest BCUT2D eigenvalue weighted by molar-refractivity contribution is 0.303. The van der Waals surface area contributed by atoms with Crippen molar-refractivity contribution >= 4 is 54.8 Å². The molecule has 0 amide bonds. The molecule has 0 atom stereocenters. The van der Waals surface area contributed by atoms with Crippen LogP contribution in [0.3, 0.4) is 0 Å². The number of hydrogen-bond donors (Lipinski definition) is 2. The third kappa shape index (κ3) is 7.80. The maximum atomic E-state index is 13.5. The maximum absolute atomic E-state index is 13.5. The molecule has 11 heteroatoms. The number of nitrogens with zero attached hydrogens (tertiary/aromatic N) is 2. The number of hydrogen-bond acceptors (Lipinski definition) is 8. The SMILES string of the molecule is CS(=O)(=O)CCNCc1ccc(-c2ccc3ncnc(Nc4ccc(OCc5cccc(F)c5)c(CI)c4)c3c2)o1. The van der Waals surface area contributed by atoms with E-state index in [2.05, 4.69) is 43.2 Å². The molecule has 212 valence electrons. The smallest absolute Gasteiger partial charge is 0.148 e. The zero-order chi connectivity index (χ0) is 28.8. The summed E-state index contributed by atoms with van der Waals surface area (Å²) in [5.41, 5.74) is 4.26. The molecule has 0 aliphatic carbocycles. The first-order valence-corrected chi connectivity index (χ1v) is 16.4. The highest BCUT2D eigenvalue weighted by Crippen LogP contribution is 2.32. The van der Waals surface area contributed by atoms with Crippen molar-refractivity contribution < 1.29 is 22.0 Å². The Morgan fingerprint density at radius 1 is 1.02 bits per heavy atom. The molecule has 0 saturated heterocycles. The fourth-order valence-electron chi connectivity index (χ4n) is 4.23. The van der Waals surface area contributed by atoms with Crippen molar-refractivity contribution in [1.29, 1.82) is 0 Å². The summed E-state index contributed by atoms with van der Waals surface area (Å²) < 4.78 is 48.9. The van der Waals surface area contributed by atoms with E-state index in [0.717, 1.165) is 43.5 Å². The minimum Gasteiger partial charge on any atom is -0.489 e. The molecule has 0 aliphatic heterocycles. The van der Waals surface area contributed by atoms with E-state index in [1.54, 1.807) is 6.07 Å². The van der Waals surface area contributed by atoms with E-state index in [1.165, 1.54) is 24.7 Å². The quantitative estimate of drug-likeness (QED) is 0.0881. The highest BCUT2D eigenvalue weighted by atomic mass is 127. The van der Waals surface area contributed by atoms with E-state index in [1.807, 2.05) is 54.6 Å². The average molecular weight is 687 g/mol. The summed E-state index contributed by atoms with van der Waals surface area (Å²) in [5.74, 6) is 2.58. The summed E-state index contributed by atoms with van der Waals surface area (Å²) in [6, 6.07) is 21.8. The number of nitrogens with one attached hydrogen (secondary N) is 2. The number of alkyl halides is 1. The Balaban J connectivity index is 1.31. The fraction of sp³-hybridized carbons (Fsp3) is 0.200. The first-order valence-electron chi connectivity index (χ1n) is 12.8. The van der Waals surface area contributed by atoms with Crippen LogP contribution in [0.5, 0.6) is 5.75 Å². The van der Waals surface area contributed by atoms with Gasteiger partial charge in [-0.15, -0.1) is 0 Å². The first-order chi connectivity index (χ1) is 19.8. The van der Waals surface area contributed by atoms with Gasteiger partial charge in [0.25, 0.3) is 0 Å². The monoisotopic (exact) mass is 686 g/mol. The molecule has 0 fully saturated rings. The normalized spacial score (nSPS) is 11.6. The first kappa shape index (κ1) is 29.0. The Morgan fingerprint density at radius 3 is 2.71 bits per heavy atom. The van der Waals surface area contributed by atoms with Crippen LogP contribution in [0.2, 0.25) is 0 Å². The van der Waals surface area contributed by atoms with Gasteiger partial charge in [0.1, 0.15) is 51.7 Å². The van der Waals surface area contributed by atoms with Crippen LogP contribution < -0.4 is 15.4 Å². The Kier molecular flexibility index (Phi) is 9.15. The predicted octanol–water partition coefficient (Wildman–Crippen LogP) is 6.42. The van der Waals surface area contributed by atoms with Gasteiger partial charge in [0.15, 0.2) is 0 Å². The van der Waals surface area contributed by atoms with Crippen LogP contribution in [0, 0.1) is 5.82 Å². The second-order valence-corrected chi connectivity index (χ2v) is 12.5. The Bertz CT molecular complexity index is 1780. The zero-order valence-electron chi connectivity index (χ0n) is 22.2. The van der Waals surface area contributed by atoms with E-state index < -0.39 is 9.84 Å². The van der Waals surface area contributed by atoms with Gasteiger partial charge in [-0.05, 0) is 66.2 Å². The lowest BCUT2D eigenvalue weighted by atomic mass is 10.1. The molecule has 0 radical (unpaired) electrons. The van der Waals surface area contributed by atoms with Crippen molar-refractivity contribution in [2.45, 2.75) is 17.6 Å². The zero-order valence-corrected chi connectivity index (χ0v) is 25.2. The molecule has 2 N–H and O–H groups in total. The molecule has 41 heavy (non-hydrogen) atoms. The highest BCUT2D eigenvalue weighted by Gasteiger charge is 2.12. The van der Waals surface area contributed by atoms with Crippen LogP contribution in [0.1, 0.15) is 16.9 Å². The lowest BCUT2D eigenvalue weighted by Gasteiger charge is -2.14. The average Bonchev–Trinajstić information content (AvgIpc) is 3.43.